The van der Waals surface area contributed by atoms with Crippen LogP contribution in [0.3, 0.4) is 0 Å². The number of hydrogen-bond acceptors (Lipinski definition) is 2. The molecule has 0 saturated heterocycles. The van der Waals surface area contributed by atoms with E-state index in [1.54, 1.807) is 0 Å². The van der Waals surface area contributed by atoms with E-state index in [-0.39, 0.29) is 5.91 Å². The summed E-state index contributed by atoms with van der Waals surface area (Å²) >= 11 is 0. The first-order valence-corrected chi connectivity index (χ1v) is 6.17. The van der Waals surface area contributed by atoms with Gasteiger partial charge in [0.2, 0.25) is 5.91 Å². The third-order valence-electron chi connectivity index (χ3n) is 2.84. The highest BCUT2D eigenvalue weighted by Gasteiger charge is 2.00. The van der Waals surface area contributed by atoms with E-state index in [2.05, 4.69) is 42.7 Å². The molecule has 0 atom stereocenters. The van der Waals surface area contributed by atoms with Crippen molar-refractivity contribution in [1.29, 1.82) is 0 Å². The lowest BCUT2D eigenvalue weighted by atomic mass is 10.0. The first-order chi connectivity index (χ1) is 8.13. The number of hydrogen-bond donors (Lipinski definition) is 2. The molecule has 0 fully saturated rings. The van der Waals surface area contributed by atoms with Crippen LogP contribution >= 0.6 is 0 Å². The zero-order valence-electron chi connectivity index (χ0n) is 11.0. The van der Waals surface area contributed by atoms with Crippen molar-refractivity contribution in [3.05, 3.63) is 34.9 Å². The maximum atomic E-state index is 11.3. The van der Waals surface area contributed by atoms with Gasteiger partial charge < -0.3 is 10.6 Å². The molecule has 3 heteroatoms. The van der Waals surface area contributed by atoms with Gasteiger partial charge in [-0.05, 0) is 43.5 Å². The SMILES string of the molecule is CCNCC(=O)NCCc1ccc(C)c(C)c1. The number of nitrogens with one attached hydrogen (secondary N) is 2. The number of amides is 1. The van der Waals surface area contributed by atoms with E-state index in [1.165, 1.54) is 16.7 Å². The fraction of sp³-hybridized carbons (Fsp3) is 0.500. The van der Waals surface area contributed by atoms with Crippen LogP contribution in [0.2, 0.25) is 0 Å². The summed E-state index contributed by atoms with van der Waals surface area (Å²) in [6.45, 7) is 8.14. The topological polar surface area (TPSA) is 41.1 Å². The van der Waals surface area contributed by atoms with E-state index in [0.29, 0.717) is 13.1 Å². The van der Waals surface area contributed by atoms with Crippen LogP contribution in [0.15, 0.2) is 18.2 Å². The molecule has 0 aromatic heterocycles. The van der Waals surface area contributed by atoms with E-state index < -0.39 is 0 Å². The van der Waals surface area contributed by atoms with Crippen molar-refractivity contribution in [3.63, 3.8) is 0 Å². The number of carbonyl (C=O) groups is 1. The molecule has 0 heterocycles. The van der Waals surface area contributed by atoms with Gasteiger partial charge in [-0.1, -0.05) is 25.1 Å². The molecule has 0 saturated carbocycles. The van der Waals surface area contributed by atoms with Crippen LogP contribution in [0.4, 0.5) is 0 Å². The van der Waals surface area contributed by atoms with Crippen molar-refractivity contribution in [2.45, 2.75) is 27.2 Å². The summed E-state index contributed by atoms with van der Waals surface area (Å²) in [5.41, 5.74) is 3.89. The molecular formula is C14H22N2O. The van der Waals surface area contributed by atoms with Gasteiger partial charge in [-0.25, -0.2) is 0 Å². The minimum atomic E-state index is 0.0654. The Morgan fingerprint density at radius 2 is 2.00 bits per heavy atom. The molecule has 94 valence electrons. The van der Waals surface area contributed by atoms with Crippen molar-refractivity contribution in [1.82, 2.24) is 10.6 Å². The van der Waals surface area contributed by atoms with E-state index in [1.807, 2.05) is 6.92 Å². The summed E-state index contributed by atoms with van der Waals surface area (Å²) in [6, 6.07) is 6.44. The Morgan fingerprint density at radius 1 is 1.24 bits per heavy atom. The van der Waals surface area contributed by atoms with Gasteiger partial charge in [-0.15, -0.1) is 0 Å². The number of aryl methyl sites for hydroxylation is 2. The second-order valence-corrected chi connectivity index (χ2v) is 4.30. The third kappa shape index (κ3) is 5.00. The van der Waals surface area contributed by atoms with E-state index in [9.17, 15) is 4.79 Å². The Bertz CT molecular complexity index is 374. The van der Waals surface area contributed by atoms with Crippen LogP contribution in [-0.4, -0.2) is 25.5 Å². The average molecular weight is 234 g/mol. The molecule has 0 aliphatic rings. The Labute approximate surface area is 104 Å². The Balaban J connectivity index is 2.30. The van der Waals surface area contributed by atoms with Crippen molar-refractivity contribution in [2.24, 2.45) is 0 Å². The first kappa shape index (κ1) is 13.7. The van der Waals surface area contributed by atoms with E-state index in [4.69, 9.17) is 0 Å². The van der Waals surface area contributed by atoms with Crippen LogP contribution in [0.1, 0.15) is 23.6 Å². The summed E-state index contributed by atoms with van der Waals surface area (Å²) in [6.07, 6.45) is 0.888. The van der Waals surface area contributed by atoms with Crippen molar-refractivity contribution in [2.75, 3.05) is 19.6 Å². The van der Waals surface area contributed by atoms with Crippen LogP contribution in [0, 0.1) is 13.8 Å². The molecule has 0 radical (unpaired) electrons. The van der Waals surface area contributed by atoms with Crippen LogP contribution in [0.5, 0.6) is 0 Å². The minimum Gasteiger partial charge on any atom is -0.355 e. The summed E-state index contributed by atoms with van der Waals surface area (Å²) in [5, 5.41) is 5.90. The van der Waals surface area contributed by atoms with Gasteiger partial charge in [0.1, 0.15) is 0 Å². The third-order valence-corrected chi connectivity index (χ3v) is 2.84. The van der Waals surface area contributed by atoms with Crippen LogP contribution in [0.25, 0.3) is 0 Å². The summed E-state index contributed by atoms with van der Waals surface area (Å²) in [7, 11) is 0. The molecule has 1 aromatic rings. The fourth-order valence-corrected chi connectivity index (χ4v) is 1.61. The van der Waals surface area contributed by atoms with Crippen molar-refractivity contribution < 1.29 is 4.79 Å². The summed E-state index contributed by atoms with van der Waals surface area (Å²) in [4.78, 5) is 11.3. The summed E-state index contributed by atoms with van der Waals surface area (Å²) in [5.74, 6) is 0.0654. The molecule has 0 aliphatic carbocycles. The summed E-state index contributed by atoms with van der Waals surface area (Å²) < 4.78 is 0. The highest BCUT2D eigenvalue weighted by atomic mass is 16.1. The molecule has 2 N–H and O–H groups in total. The molecule has 0 spiro atoms. The standard InChI is InChI=1S/C14H22N2O/c1-4-15-10-14(17)16-8-7-13-6-5-11(2)12(3)9-13/h5-6,9,15H,4,7-8,10H2,1-3H3,(H,16,17). The zero-order valence-corrected chi connectivity index (χ0v) is 11.0. The van der Waals surface area contributed by atoms with Gasteiger partial charge in [0, 0.05) is 6.54 Å². The van der Waals surface area contributed by atoms with Crippen molar-refractivity contribution in [3.8, 4) is 0 Å². The van der Waals surface area contributed by atoms with Gasteiger partial charge >= 0.3 is 0 Å². The largest absolute Gasteiger partial charge is 0.355 e. The fourth-order valence-electron chi connectivity index (χ4n) is 1.61. The molecule has 3 nitrogen and oxygen atoms in total. The van der Waals surface area contributed by atoms with Gasteiger partial charge in [-0.2, -0.15) is 0 Å². The quantitative estimate of drug-likeness (QED) is 0.784. The maximum absolute atomic E-state index is 11.3. The molecule has 1 amide bonds. The minimum absolute atomic E-state index is 0.0654. The maximum Gasteiger partial charge on any atom is 0.233 e. The Morgan fingerprint density at radius 3 is 2.65 bits per heavy atom. The molecule has 0 unspecified atom stereocenters. The molecular weight excluding hydrogens is 212 g/mol. The predicted octanol–water partition coefficient (Wildman–Crippen LogP) is 1.57. The average Bonchev–Trinajstić information content (AvgIpc) is 2.31. The normalized spacial score (nSPS) is 10.3. The van der Waals surface area contributed by atoms with Gasteiger partial charge in [-0.3, -0.25) is 4.79 Å². The number of benzene rings is 1. The predicted molar refractivity (Wildman–Crippen MR) is 71.2 cm³/mol. The number of likely N-dealkylation sites (N-methyl/N-ethyl adjacent to an activating group) is 1. The lowest BCUT2D eigenvalue weighted by Crippen LogP contribution is -2.34. The van der Waals surface area contributed by atoms with Crippen LogP contribution < -0.4 is 10.6 Å². The Kier molecular flexibility index (Phi) is 5.70. The van der Waals surface area contributed by atoms with Crippen LogP contribution in [-0.2, 0) is 11.2 Å². The molecule has 0 bridgehead atoms. The van der Waals surface area contributed by atoms with Crippen molar-refractivity contribution >= 4 is 5.91 Å². The Hall–Kier alpha value is -1.35. The second kappa shape index (κ2) is 7.07. The monoisotopic (exact) mass is 234 g/mol. The van der Waals surface area contributed by atoms with E-state index in [0.717, 1.165) is 13.0 Å². The van der Waals surface area contributed by atoms with E-state index >= 15 is 0 Å². The van der Waals surface area contributed by atoms with Gasteiger partial charge in [0.25, 0.3) is 0 Å². The van der Waals surface area contributed by atoms with Gasteiger partial charge in [0.05, 0.1) is 6.54 Å². The molecule has 0 aliphatic heterocycles. The first-order valence-electron chi connectivity index (χ1n) is 6.17. The zero-order chi connectivity index (χ0) is 12.7. The molecule has 1 aromatic carbocycles. The smallest absolute Gasteiger partial charge is 0.233 e. The molecule has 17 heavy (non-hydrogen) atoms. The highest BCUT2D eigenvalue weighted by molar-refractivity contribution is 5.77. The number of carbonyl (C=O) groups excluding carboxylic acids is 1. The van der Waals surface area contributed by atoms with Gasteiger partial charge in [0.15, 0.2) is 0 Å². The number of rotatable bonds is 6. The molecule has 1 rings (SSSR count). The highest BCUT2D eigenvalue weighted by Crippen LogP contribution is 2.09. The second-order valence-electron chi connectivity index (χ2n) is 4.30. The lowest BCUT2D eigenvalue weighted by Gasteiger charge is -2.07. The lowest BCUT2D eigenvalue weighted by molar-refractivity contribution is -0.120.